The van der Waals surface area contributed by atoms with Gasteiger partial charge in [-0.15, -0.1) is 0 Å². The minimum atomic E-state index is -0.262. The average molecular weight is 323 g/mol. The Morgan fingerprint density at radius 2 is 2.00 bits per heavy atom. The Kier molecular flexibility index (Phi) is 4.69. The number of unbranched alkanes of at least 4 members (excludes halogenated alkanes) is 1. The number of allylic oxidation sites excluding steroid dienone is 1. The molecule has 0 bridgehead atoms. The van der Waals surface area contributed by atoms with Gasteiger partial charge in [-0.3, -0.25) is 0 Å². The fraction of sp³-hybridized carbons (Fsp3) is 0.250. The van der Waals surface area contributed by atoms with E-state index >= 15 is 0 Å². The minimum Gasteiger partial charge on any atom is -0.347 e. The van der Waals surface area contributed by atoms with E-state index < -0.39 is 0 Å². The van der Waals surface area contributed by atoms with Crippen LogP contribution in [0.3, 0.4) is 0 Å². The Morgan fingerprint density at radius 3 is 2.74 bits per heavy atom. The molecule has 23 heavy (non-hydrogen) atoms. The average Bonchev–Trinajstić information content (AvgIpc) is 2.59. The first-order valence-electron chi connectivity index (χ1n) is 7.97. The molecule has 0 N–H and O–H groups in total. The molecule has 3 rings (SSSR count). The molecule has 2 aromatic rings. The van der Waals surface area contributed by atoms with Crippen molar-refractivity contribution in [1.29, 1.82) is 5.26 Å². The van der Waals surface area contributed by atoms with Gasteiger partial charge in [-0.05, 0) is 41.3 Å². The molecular weight excluding hydrogens is 304 g/mol. The van der Waals surface area contributed by atoms with Crippen LogP contribution in [-0.4, -0.2) is 6.54 Å². The van der Waals surface area contributed by atoms with E-state index in [1.165, 1.54) is 0 Å². The molecule has 0 amide bonds. The highest BCUT2D eigenvalue weighted by Gasteiger charge is 2.27. The molecule has 0 aromatic heterocycles. The van der Waals surface area contributed by atoms with Crippen LogP contribution in [-0.2, 0) is 0 Å². The fourth-order valence-corrected chi connectivity index (χ4v) is 3.22. The third kappa shape index (κ3) is 3.11. The maximum Gasteiger partial charge on any atom is 0.100 e. The Bertz CT molecular complexity index is 773. The van der Waals surface area contributed by atoms with Gasteiger partial charge in [0.15, 0.2) is 0 Å². The van der Waals surface area contributed by atoms with Crippen molar-refractivity contribution in [3.63, 3.8) is 0 Å². The standard InChI is InChI=1S/C20H19ClN2/c1-2-3-11-23-14-19(15-7-6-8-16(21)12-15)18(13-22)17-9-4-5-10-20(17)23/h4-10,12,14,18H,2-3,11H2,1H3. The highest BCUT2D eigenvalue weighted by molar-refractivity contribution is 6.30. The number of hydrogen-bond donors (Lipinski definition) is 0. The molecule has 1 atom stereocenters. The summed E-state index contributed by atoms with van der Waals surface area (Å²) >= 11 is 6.15. The zero-order valence-electron chi connectivity index (χ0n) is 13.2. The van der Waals surface area contributed by atoms with E-state index in [9.17, 15) is 5.26 Å². The van der Waals surface area contributed by atoms with Crippen molar-refractivity contribution in [2.24, 2.45) is 0 Å². The first-order valence-corrected chi connectivity index (χ1v) is 8.35. The number of rotatable bonds is 4. The van der Waals surface area contributed by atoms with E-state index in [1.807, 2.05) is 36.4 Å². The van der Waals surface area contributed by atoms with Gasteiger partial charge in [-0.2, -0.15) is 5.26 Å². The van der Waals surface area contributed by atoms with Crippen molar-refractivity contribution in [2.45, 2.75) is 25.7 Å². The maximum absolute atomic E-state index is 9.76. The van der Waals surface area contributed by atoms with E-state index in [-0.39, 0.29) is 5.92 Å². The molecule has 116 valence electrons. The van der Waals surface area contributed by atoms with Gasteiger partial charge in [0.1, 0.15) is 5.92 Å². The normalized spacial score (nSPS) is 16.5. The smallest absolute Gasteiger partial charge is 0.100 e. The second-order valence-electron chi connectivity index (χ2n) is 5.76. The summed E-state index contributed by atoms with van der Waals surface area (Å²) < 4.78 is 0. The van der Waals surface area contributed by atoms with Crippen LogP contribution in [0.5, 0.6) is 0 Å². The van der Waals surface area contributed by atoms with Gasteiger partial charge in [0.2, 0.25) is 0 Å². The summed E-state index contributed by atoms with van der Waals surface area (Å²) in [6.07, 6.45) is 4.38. The lowest BCUT2D eigenvalue weighted by atomic mass is 9.84. The summed E-state index contributed by atoms with van der Waals surface area (Å²) in [4.78, 5) is 2.27. The van der Waals surface area contributed by atoms with Gasteiger partial charge >= 0.3 is 0 Å². The zero-order valence-corrected chi connectivity index (χ0v) is 13.9. The van der Waals surface area contributed by atoms with Gasteiger partial charge in [0.05, 0.1) is 6.07 Å². The van der Waals surface area contributed by atoms with E-state index in [0.717, 1.165) is 41.8 Å². The Morgan fingerprint density at radius 1 is 1.17 bits per heavy atom. The highest BCUT2D eigenvalue weighted by atomic mass is 35.5. The molecule has 0 saturated heterocycles. The molecule has 0 saturated carbocycles. The van der Waals surface area contributed by atoms with Crippen molar-refractivity contribution >= 4 is 22.9 Å². The van der Waals surface area contributed by atoms with E-state index in [4.69, 9.17) is 11.6 Å². The number of benzene rings is 2. The highest BCUT2D eigenvalue weighted by Crippen LogP contribution is 2.42. The van der Waals surface area contributed by atoms with Gasteiger partial charge in [0, 0.05) is 23.5 Å². The number of anilines is 1. The summed E-state index contributed by atoms with van der Waals surface area (Å²) in [6.45, 7) is 3.14. The molecule has 1 heterocycles. The molecular formula is C20H19ClN2. The van der Waals surface area contributed by atoms with Crippen LogP contribution < -0.4 is 4.90 Å². The quantitative estimate of drug-likeness (QED) is 0.731. The van der Waals surface area contributed by atoms with Crippen molar-refractivity contribution in [3.8, 4) is 6.07 Å². The summed E-state index contributed by atoms with van der Waals surface area (Å²) in [5, 5.41) is 10.5. The number of halogens is 1. The van der Waals surface area contributed by atoms with Crippen LogP contribution in [0.1, 0.15) is 36.8 Å². The molecule has 3 heteroatoms. The van der Waals surface area contributed by atoms with Crippen LogP contribution in [0.4, 0.5) is 5.69 Å². The van der Waals surface area contributed by atoms with Crippen LogP contribution in [0.15, 0.2) is 54.7 Å². The predicted molar refractivity (Wildman–Crippen MR) is 96.5 cm³/mol. The van der Waals surface area contributed by atoms with E-state index in [1.54, 1.807) is 0 Å². The Hall–Kier alpha value is -2.24. The number of nitriles is 1. The van der Waals surface area contributed by atoms with E-state index in [2.05, 4.69) is 36.2 Å². The molecule has 1 unspecified atom stereocenters. The number of hydrogen-bond acceptors (Lipinski definition) is 2. The topological polar surface area (TPSA) is 27.0 Å². The van der Waals surface area contributed by atoms with Crippen molar-refractivity contribution in [1.82, 2.24) is 0 Å². The van der Waals surface area contributed by atoms with Crippen LogP contribution >= 0.6 is 11.6 Å². The van der Waals surface area contributed by atoms with Crippen molar-refractivity contribution in [3.05, 3.63) is 70.9 Å². The summed E-state index contributed by atoms with van der Waals surface area (Å²) in [7, 11) is 0. The molecule has 0 spiro atoms. The second kappa shape index (κ2) is 6.89. The largest absolute Gasteiger partial charge is 0.347 e. The van der Waals surface area contributed by atoms with Gasteiger partial charge in [-0.25, -0.2) is 0 Å². The molecule has 0 aliphatic carbocycles. The number of nitrogens with zero attached hydrogens (tertiary/aromatic N) is 2. The molecule has 2 aromatic carbocycles. The third-order valence-corrected chi connectivity index (χ3v) is 4.44. The number of fused-ring (bicyclic) bond motifs is 1. The minimum absolute atomic E-state index is 0.262. The molecule has 1 aliphatic rings. The summed E-state index contributed by atoms with van der Waals surface area (Å²) in [5.74, 6) is -0.262. The molecule has 2 nitrogen and oxygen atoms in total. The first kappa shape index (κ1) is 15.6. The maximum atomic E-state index is 9.76. The number of para-hydroxylation sites is 1. The Balaban J connectivity index is 2.10. The second-order valence-corrected chi connectivity index (χ2v) is 6.20. The monoisotopic (exact) mass is 322 g/mol. The molecule has 0 radical (unpaired) electrons. The van der Waals surface area contributed by atoms with Gasteiger partial charge in [0.25, 0.3) is 0 Å². The Labute approximate surface area is 142 Å². The SMILES string of the molecule is CCCCN1C=C(c2cccc(Cl)c2)C(C#N)c2ccccc21. The van der Waals surface area contributed by atoms with Crippen LogP contribution in [0, 0.1) is 11.3 Å². The van der Waals surface area contributed by atoms with Gasteiger partial charge < -0.3 is 4.90 Å². The lowest BCUT2D eigenvalue weighted by Gasteiger charge is -2.32. The molecule has 1 aliphatic heterocycles. The molecule has 0 fully saturated rings. The van der Waals surface area contributed by atoms with Crippen molar-refractivity contribution in [2.75, 3.05) is 11.4 Å². The fourth-order valence-electron chi connectivity index (χ4n) is 3.03. The van der Waals surface area contributed by atoms with Crippen LogP contribution in [0.2, 0.25) is 5.02 Å². The first-order chi connectivity index (χ1) is 11.2. The van der Waals surface area contributed by atoms with Gasteiger partial charge in [-0.1, -0.05) is 55.3 Å². The summed E-state index contributed by atoms with van der Waals surface area (Å²) in [6, 6.07) is 18.4. The predicted octanol–water partition coefficient (Wildman–Crippen LogP) is 5.61. The summed E-state index contributed by atoms with van der Waals surface area (Å²) in [5.41, 5.74) is 4.24. The lowest BCUT2D eigenvalue weighted by molar-refractivity contribution is 0.774. The van der Waals surface area contributed by atoms with E-state index in [0.29, 0.717) is 5.02 Å². The third-order valence-electron chi connectivity index (χ3n) is 4.20. The lowest BCUT2D eigenvalue weighted by Crippen LogP contribution is -2.24. The zero-order chi connectivity index (χ0) is 16.2. The van der Waals surface area contributed by atoms with Crippen molar-refractivity contribution < 1.29 is 0 Å². The van der Waals surface area contributed by atoms with Crippen LogP contribution in [0.25, 0.3) is 5.57 Å².